The highest BCUT2D eigenvalue weighted by molar-refractivity contribution is 5.69. The van der Waals surface area contributed by atoms with E-state index in [4.69, 9.17) is 5.11 Å². The second-order valence-corrected chi connectivity index (χ2v) is 5.36. The van der Waals surface area contributed by atoms with Gasteiger partial charge in [-0.25, -0.2) is 0 Å². The summed E-state index contributed by atoms with van der Waals surface area (Å²) >= 11 is 0. The van der Waals surface area contributed by atoms with Crippen LogP contribution in [0.25, 0.3) is 0 Å². The monoisotopic (exact) mass is 262 g/mol. The zero-order valence-electron chi connectivity index (χ0n) is 11.6. The second kappa shape index (κ2) is 6.06. The molecule has 1 saturated heterocycles. The van der Waals surface area contributed by atoms with Gasteiger partial charge in [0, 0.05) is 25.3 Å². The first-order chi connectivity index (χ1) is 9.09. The highest BCUT2D eigenvalue weighted by atomic mass is 16.4. The maximum absolute atomic E-state index is 11.0. The van der Waals surface area contributed by atoms with Crippen molar-refractivity contribution in [1.82, 2.24) is 5.32 Å². The number of nitrogens with one attached hydrogen (secondary N) is 1. The van der Waals surface area contributed by atoms with Gasteiger partial charge in [0.2, 0.25) is 0 Å². The number of carboxylic acid groups (broad SMARTS) is 1. The fourth-order valence-electron chi connectivity index (χ4n) is 2.70. The van der Waals surface area contributed by atoms with Crippen LogP contribution in [-0.2, 0) is 4.79 Å². The predicted molar refractivity (Wildman–Crippen MR) is 76.8 cm³/mol. The minimum atomic E-state index is -0.735. The van der Waals surface area contributed by atoms with Gasteiger partial charge in [-0.05, 0) is 17.5 Å². The molecule has 19 heavy (non-hydrogen) atoms. The number of nitrogens with zero attached hydrogens (tertiary/aromatic N) is 1. The van der Waals surface area contributed by atoms with Crippen LogP contribution in [0.3, 0.4) is 0 Å². The SMILES string of the molecule is CC(C)c1ccccc1N1CCNCC1CC(=O)O. The van der Waals surface area contributed by atoms with E-state index in [1.165, 1.54) is 11.3 Å². The molecule has 1 fully saturated rings. The summed E-state index contributed by atoms with van der Waals surface area (Å²) in [6.45, 7) is 6.85. The zero-order valence-corrected chi connectivity index (χ0v) is 11.6. The van der Waals surface area contributed by atoms with Crippen molar-refractivity contribution in [2.75, 3.05) is 24.5 Å². The van der Waals surface area contributed by atoms with Crippen LogP contribution in [0, 0.1) is 0 Å². The Morgan fingerprint density at radius 2 is 2.21 bits per heavy atom. The van der Waals surface area contributed by atoms with Gasteiger partial charge in [-0.15, -0.1) is 0 Å². The van der Waals surface area contributed by atoms with Gasteiger partial charge in [-0.2, -0.15) is 0 Å². The summed E-state index contributed by atoms with van der Waals surface area (Å²) in [4.78, 5) is 13.3. The molecular weight excluding hydrogens is 240 g/mol. The maximum atomic E-state index is 11.0. The molecule has 0 spiro atoms. The van der Waals surface area contributed by atoms with Gasteiger partial charge < -0.3 is 15.3 Å². The quantitative estimate of drug-likeness (QED) is 0.872. The molecule has 104 valence electrons. The Morgan fingerprint density at radius 3 is 2.89 bits per heavy atom. The normalized spacial score (nSPS) is 19.7. The Labute approximate surface area is 114 Å². The number of hydrogen-bond acceptors (Lipinski definition) is 3. The maximum Gasteiger partial charge on any atom is 0.305 e. The van der Waals surface area contributed by atoms with Crippen LogP contribution in [0.5, 0.6) is 0 Å². The summed E-state index contributed by atoms with van der Waals surface area (Å²) in [5.74, 6) is -0.294. The summed E-state index contributed by atoms with van der Waals surface area (Å²) in [6.07, 6.45) is 0.180. The Kier molecular flexibility index (Phi) is 4.43. The number of piperazine rings is 1. The fourth-order valence-corrected chi connectivity index (χ4v) is 2.70. The van der Waals surface area contributed by atoms with Crippen LogP contribution in [0.2, 0.25) is 0 Å². The lowest BCUT2D eigenvalue weighted by molar-refractivity contribution is -0.137. The molecule has 1 unspecified atom stereocenters. The van der Waals surface area contributed by atoms with Gasteiger partial charge in [0.1, 0.15) is 0 Å². The predicted octanol–water partition coefficient (Wildman–Crippen LogP) is 2.06. The largest absolute Gasteiger partial charge is 0.481 e. The van der Waals surface area contributed by atoms with Crippen LogP contribution in [0.4, 0.5) is 5.69 Å². The highest BCUT2D eigenvalue weighted by Crippen LogP contribution is 2.29. The summed E-state index contributed by atoms with van der Waals surface area (Å²) in [5.41, 5.74) is 2.48. The molecule has 0 bridgehead atoms. The van der Waals surface area contributed by atoms with Crippen molar-refractivity contribution in [3.8, 4) is 0 Å². The van der Waals surface area contributed by atoms with Gasteiger partial charge in [0.05, 0.1) is 12.5 Å². The number of aliphatic carboxylic acids is 1. The van der Waals surface area contributed by atoms with Crippen molar-refractivity contribution in [2.24, 2.45) is 0 Å². The van der Waals surface area contributed by atoms with Crippen molar-refractivity contribution in [1.29, 1.82) is 0 Å². The molecular formula is C15H22N2O2. The molecule has 0 radical (unpaired) electrons. The van der Waals surface area contributed by atoms with Crippen molar-refractivity contribution < 1.29 is 9.90 Å². The molecule has 1 aromatic rings. The van der Waals surface area contributed by atoms with E-state index in [1.807, 2.05) is 12.1 Å². The molecule has 1 atom stereocenters. The molecule has 0 amide bonds. The van der Waals surface area contributed by atoms with Crippen molar-refractivity contribution in [3.63, 3.8) is 0 Å². The van der Waals surface area contributed by atoms with Crippen molar-refractivity contribution in [3.05, 3.63) is 29.8 Å². The standard InChI is InChI=1S/C15H22N2O2/c1-11(2)13-5-3-4-6-14(13)17-8-7-16-10-12(17)9-15(18)19/h3-6,11-12,16H,7-10H2,1-2H3,(H,18,19). The molecule has 2 N–H and O–H groups in total. The van der Waals surface area contributed by atoms with Gasteiger partial charge in [0.15, 0.2) is 0 Å². The van der Waals surface area contributed by atoms with E-state index in [-0.39, 0.29) is 12.5 Å². The molecule has 2 rings (SSSR count). The summed E-state index contributed by atoms with van der Waals surface area (Å²) in [7, 11) is 0. The number of rotatable bonds is 4. The van der Waals surface area contributed by atoms with Crippen LogP contribution in [-0.4, -0.2) is 36.8 Å². The lowest BCUT2D eigenvalue weighted by Gasteiger charge is -2.39. The highest BCUT2D eigenvalue weighted by Gasteiger charge is 2.26. The van der Waals surface area contributed by atoms with Crippen LogP contribution in [0.15, 0.2) is 24.3 Å². The van der Waals surface area contributed by atoms with E-state index < -0.39 is 5.97 Å². The third kappa shape index (κ3) is 3.26. The molecule has 0 aliphatic carbocycles. The molecule has 1 heterocycles. The Morgan fingerprint density at radius 1 is 1.47 bits per heavy atom. The van der Waals surface area contributed by atoms with Gasteiger partial charge in [-0.3, -0.25) is 4.79 Å². The van der Waals surface area contributed by atoms with Crippen molar-refractivity contribution in [2.45, 2.75) is 32.2 Å². The smallest absolute Gasteiger partial charge is 0.305 e. The molecule has 4 nitrogen and oxygen atoms in total. The van der Waals surface area contributed by atoms with Gasteiger partial charge in [-0.1, -0.05) is 32.0 Å². The Balaban J connectivity index is 2.29. The van der Waals surface area contributed by atoms with E-state index in [0.29, 0.717) is 5.92 Å². The topological polar surface area (TPSA) is 52.6 Å². The first-order valence-electron chi connectivity index (χ1n) is 6.87. The molecule has 1 aliphatic rings. The van der Waals surface area contributed by atoms with Crippen LogP contribution in [0.1, 0.15) is 31.7 Å². The second-order valence-electron chi connectivity index (χ2n) is 5.36. The summed E-state index contributed by atoms with van der Waals surface area (Å²) in [6, 6.07) is 8.36. The lowest BCUT2D eigenvalue weighted by atomic mass is 9.98. The van der Waals surface area contributed by atoms with E-state index in [0.717, 1.165) is 19.6 Å². The first kappa shape index (κ1) is 13.9. The van der Waals surface area contributed by atoms with Crippen LogP contribution >= 0.6 is 0 Å². The lowest BCUT2D eigenvalue weighted by Crippen LogP contribution is -2.52. The Hall–Kier alpha value is -1.55. The minimum absolute atomic E-state index is 0.0335. The first-order valence-corrected chi connectivity index (χ1v) is 6.87. The van der Waals surface area contributed by atoms with Gasteiger partial charge >= 0.3 is 5.97 Å². The van der Waals surface area contributed by atoms with Crippen LogP contribution < -0.4 is 10.2 Å². The summed E-state index contributed by atoms with van der Waals surface area (Å²) in [5, 5.41) is 12.3. The Bertz CT molecular complexity index is 446. The van der Waals surface area contributed by atoms with E-state index in [9.17, 15) is 4.79 Å². The average Bonchev–Trinajstić information content (AvgIpc) is 2.38. The number of para-hydroxylation sites is 1. The summed E-state index contributed by atoms with van der Waals surface area (Å²) < 4.78 is 0. The fraction of sp³-hybridized carbons (Fsp3) is 0.533. The zero-order chi connectivity index (χ0) is 13.8. The molecule has 1 aromatic carbocycles. The van der Waals surface area contributed by atoms with Crippen molar-refractivity contribution >= 4 is 11.7 Å². The van der Waals surface area contributed by atoms with E-state index >= 15 is 0 Å². The average molecular weight is 262 g/mol. The number of benzene rings is 1. The van der Waals surface area contributed by atoms with E-state index in [1.54, 1.807) is 0 Å². The van der Waals surface area contributed by atoms with Gasteiger partial charge in [0.25, 0.3) is 0 Å². The molecule has 0 aromatic heterocycles. The minimum Gasteiger partial charge on any atom is -0.481 e. The number of hydrogen-bond donors (Lipinski definition) is 2. The third-order valence-corrected chi connectivity index (χ3v) is 3.63. The van der Waals surface area contributed by atoms with E-state index in [2.05, 4.69) is 36.2 Å². The third-order valence-electron chi connectivity index (χ3n) is 3.63. The number of carboxylic acids is 1. The number of carbonyl (C=O) groups is 1. The molecule has 0 saturated carbocycles. The number of anilines is 1. The molecule has 4 heteroatoms. The molecule has 1 aliphatic heterocycles.